The summed E-state index contributed by atoms with van der Waals surface area (Å²) in [5, 5.41) is 3.35. The van der Waals surface area contributed by atoms with Crippen LogP contribution in [0.3, 0.4) is 0 Å². The highest BCUT2D eigenvalue weighted by molar-refractivity contribution is 14.0. The van der Waals surface area contributed by atoms with Gasteiger partial charge in [-0.2, -0.15) is 0 Å². The Balaban J connectivity index is 0.00000420. The first-order valence-electron chi connectivity index (χ1n) is 10.5. The maximum Gasteiger partial charge on any atom is 0.193 e. The van der Waals surface area contributed by atoms with Gasteiger partial charge in [0.25, 0.3) is 0 Å². The number of ether oxygens (including phenoxy) is 3. The van der Waals surface area contributed by atoms with E-state index < -0.39 is 0 Å². The first-order chi connectivity index (χ1) is 13.7. The standard InChI is InChI=1S/C22H37N3O3.HI/c1-4-23-22(24-12-5-14-27-18-20-10-15-26-16-11-20)25(3)13-17-28-21-8-6-19(2)7-9-21;/h6-9,20H,4-5,10-18H2,1-3H3,(H,23,24);1H. The van der Waals surface area contributed by atoms with E-state index in [1.54, 1.807) is 0 Å². The van der Waals surface area contributed by atoms with Gasteiger partial charge in [-0.15, -0.1) is 24.0 Å². The molecule has 0 amide bonds. The van der Waals surface area contributed by atoms with Gasteiger partial charge >= 0.3 is 0 Å². The van der Waals surface area contributed by atoms with E-state index in [1.165, 1.54) is 5.56 Å². The third-order valence-corrected chi connectivity index (χ3v) is 4.82. The van der Waals surface area contributed by atoms with E-state index in [1.807, 2.05) is 19.2 Å². The van der Waals surface area contributed by atoms with Crippen molar-refractivity contribution in [1.82, 2.24) is 10.2 Å². The Bertz CT molecular complexity index is 563. The predicted octanol–water partition coefficient (Wildman–Crippen LogP) is 3.72. The van der Waals surface area contributed by atoms with Gasteiger partial charge in [0.2, 0.25) is 0 Å². The van der Waals surface area contributed by atoms with Gasteiger partial charge in [-0.3, -0.25) is 4.99 Å². The highest BCUT2D eigenvalue weighted by Crippen LogP contribution is 2.14. The van der Waals surface area contributed by atoms with Gasteiger partial charge in [0.05, 0.1) is 6.54 Å². The maximum absolute atomic E-state index is 5.82. The fourth-order valence-corrected chi connectivity index (χ4v) is 3.03. The van der Waals surface area contributed by atoms with Crippen LogP contribution in [-0.2, 0) is 9.47 Å². The van der Waals surface area contributed by atoms with Crippen molar-refractivity contribution in [3.05, 3.63) is 29.8 Å². The topological polar surface area (TPSA) is 55.3 Å². The van der Waals surface area contributed by atoms with Crippen molar-refractivity contribution < 1.29 is 14.2 Å². The van der Waals surface area contributed by atoms with Crippen molar-refractivity contribution in [3.63, 3.8) is 0 Å². The highest BCUT2D eigenvalue weighted by atomic mass is 127. The molecule has 1 aromatic carbocycles. The number of hydrogen-bond acceptors (Lipinski definition) is 4. The fraction of sp³-hybridized carbons (Fsp3) is 0.682. The van der Waals surface area contributed by atoms with Crippen molar-refractivity contribution in [2.24, 2.45) is 10.9 Å². The molecule has 0 aromatic heterocycles. The van der Waals surface area contributed by atoms with Crippen molar-refractivity contribution in [3.8, 4) is 5.75 Å². The Morgan fingerprint density at radius 1 is 1.21 bits per heavy atom. The summed E-state index contributed by atoms with van der Waals surface area (Å²) >= 11 is 0. The molecule has 1 heterocycles. The summed E-state index contributed by atoms with van der Waals surface area (Å²) in [6.45, 7) is 10.5. The molecule has 1 aliphatic heterocycles. The second-order valence-corrected chi connectivity index (χ2v) is 7.30. The number of aryl methyl sites for hydroxylation is 1. The summed E-state index contributed by atoms with van der Waals surface area (Å²) in [6.07, 6.45) is 3.18. The van der Waals surface area contributed by atoms with Crippen LogP contribution in [0.4, 0.5) is 0 Å². The number of rotatable bonds is 11. The summed E-state index contributed by atoms with van der Waals surface area (Å²) < 4.78 is 17.0. The van der Waals surface area contributed by atoms with Gasteiger partial charge in [0.1, 0.15) is 12.4 Å². The van der Waals surface area contributed by atoms with Gasteiger partial charge in [-0.25, -0.2) is 0 Å². The monoisotopic (exact) mass is 519 g/mol. The minimum atomic E-state index is 0. The first kappa shape index (κ1) is 26.0. The lowest BCUT2D eigenvalue weighted by molar-refractivity contribution is 0.0205. The largest absolute Gasteiger partial charge is 0.492 e. The van der Waals surface area contributed by atoms with E-state index in [4.69, 9.17) is 19.2 Å². The molecule has 166 valence electrons. The Kier molecular flexibility index (Phi) is 14.1. The Hall–Kier alpha value is -1.06. The van der Waals surface area contributed by atoms with Gasteiger partial charge in [0.15, 0.2) is 5.96 Å². The molecule has 0 saturated carbocycles. The van der Waals surface area contributed by atoms with E-state index >= 15 is 0 Å². The summed E-state index contributed by atoms with van der Waals surface area (Å²) in [4.78, 5) is 6.82. The van der Waals surface area contributed by atoms with Crippen LogP contribution in [-0.4, -0.2) is 70.6 Å². The molecule has 1 saturated heterocycles. The molecule has 2 rings (SSSR count). The molecule has 0 atom stereocenters. The third-order valence-electron chi connectivity index (χ3n) is 4.82. The SMILES string of the molecule is CCNC(=NCCCOCC1CCOCC1)N(C)CCOc1ccc(C)cc1.I. The molecule has 6 nitrogen and oxygen atoms in total. The smallest absolute Gasteiger partial charge is 0.193 e. The Labute approximate surface area is 193 Å². The zero-order chi connectivity index (χ0) is 20.0. The normalized spacial score (nSPS) is 14.9. The molecule has 1 fully saturated rings. The Morgan fingerprint density at radius 2 is 1.93 bits per heavy atom. The van der Waals surface area contributed by atoms with Crippen molar-refractivity contribution in [2.75, 3.05) is 59.7 Å². The average Bonchev–Trinajstić information content (AvgIpc) is 2.72. The molecular weight excluding hydrogens is 481 g/mol. The van der Waals surface area contributed by atoms with Crippen LogP contribution < -0.4 is 10.1 Å². The number of nitrogens with zero attached hydrogens (tertiary/aromatic N) is 2. The summed E-state index contributed by atoms with van der Waals surface area (Å²) in [7, 11) is 2.04. The number of likely N-dealkylation sites (N-methyl/N-ethyl adjacent to an activating group) is 1. The number of aliphatic imine (C=N–C) groups is 1. The van der Waals surface area contributed by atoms with Crippen LogP contribution >= 0.6 is 24.0 Å². The predicted molar refractivity (Wildman–Crippen MR) is 130 cm³/mol. The molecule has 0 bridgehead atoms. The van der Waals surface area contributed by atoms with Gasteiger partial charge in [-0.05, 0) is 51.2 Å². The number of hydrogen-bond donors (Lipinski definition) is 1. The summed E-state index contributed by atoms with van der Waals surface area (Å²) in [5.41, 5.74) is 1.24. The molecule has 1 aliphatic rings. The van der Waals surface area contributed by atoms with Crippen LogP contribution in [0, 0.1) is 12.8 Å². The zero-order valence-corrected chi connectivity index (χ0v) is 20.5. The maximum atomic E-state index is 5.82. The van der Waals surface area contributed by atoms with E-state index in [-0.39, 0.29) is 24.0 Å². The van der Waals surface area contributed by atoms with Gasteiger partial charge < -0.3 is 24.4 Å². The molecule has 0 aliphatic carbocycles. The number of halogens is 1. The van der Waals surface area contributed by atoms with E-state index in [9.17, 15) is 0 Å². The average molecular weight is 519 g/mol. The molecular formula is C22H38IN3O3. The van der Waals surface area contributed by atoms with Gasteiger partial charge in [-0.1, -0.05) is 17.7 Å². The first-order valence-corrected chi connectivity index (χ1v) is 10.5. The van der Waals surface area contributed by atoms with Gasteiger partial charge in [0, 0.05) is 46.6 Å². The molecule has 1 aromatic rings. The summed E-state index contributed by atoms with van der Waals surface area (Å²) in [5.74, 6) is 2.48. The number of nitrogens with one attached hydrogen (secondary N) is 1. The third kappa shape index (κ3) is 11.1. The van der Waals surface area contributed by atoms with Crippen molar-refractivity contribution in [1.29, 1.82) is 0 Å². The van der Waals surface area contributed by atoms with E-state index in [2.05, 4.69) is 36.2 Å². The fourth-order valence-electron chi connectivity index (χ4n) is 3.03. The lowest BCUT2D eigenvalue weighted by Crippen LogP contribution is -2.41. The number of guanidine groups is 1. The number of benzene rings is 1. The van der Waals surface area contributed by atoms with Crippen molar-refractivity contribution >= 4 is 29.9 Å². The lowest BCUT2D eigenvalue weighted by atomic mass is 10.0. The minimum Gasteiger partial charge on any atom is -0.492 e. The molecule has 0 unspecified atom stereocenters. The molecule has 7 heteroatoms. The van der Waals surface area contributed by atoms with E-state index in [0.29, 0.717) is 12.5 Å². The zero-order valence-electron chi connectivity index (χ0n) is 18.2. The van der Waals surface area contributed by atoms with Crippen LogP contribution in [0.1, 0.15) is 31.7 Å². The lowest BCUT2D eigenvalue weighted by Gasteiger charge is -2.22. The van der Waals surface area contributed by atoms with Crippen LogP contribution in [0.15, 0.2) is 29.3 Å². The van der Waals surface area contributed by atoms with E-state index in [0.717, 1.165) is 77.0 Å². The molecule has 29 heavy (non-hydrogen) atoms. The Morgan fingerprint density at radius 3 is 2.62 bits per heavy atom. The molecule has 0 spiro atoms. The quantitative estimate of drug-likeness (QED) is 0.209. The van der Waals surface area contributed by atoms with Crippen LogP contribution in [0.5, 0.6) is 5.75 Å². The van der Waals surface area contributed by atoms with Crippen LogP contribution in [0.2, 0.25) is 0 Å². The summed E-state index contributed by atoms with van der Waals surface area (Å²) in [6, 6.07) is 8.15. The minimum absolute atomic E-state index is 0. The van der Waals surface area contributed by atoms with Crippen molar-refractivity contribution in [2.45, 2.75) is 33.1 Å². The highest BCUT2D eigenvalue weighted by Gasteiger charge is 2.13. The molecule has 1 N–H and O–H groups in total. The van der Waals surface area contributed by atoms with Crippen LogP contribution in [0.25, 0.3) is 0 Å². The molecule has 0 radical (unpaired) electrons. The second kappa shape index (κ2) is 15.7. The second-order valence-electron chi connectivity index (χ2n) is 7.30.